The number of benzene rings is 1. The van der Waals surface area contributed by atoms with E-state index >= 15 is 0 Å². The Kier molecular flexibility index (Phi) is 4.32. The molecule has 0 aliphatic carbocycles. The fraction of sp³-hybridized carbons (Fsp3) is 0.400. The van der Waals surface area contributed by atoms with Crippen LogP contribution in [-0.4, -0.2) is 16.3 Å². The first-order valence-electron chi connectivity index (χ1n) is 6.51. The Morgan fingerprint density at radius 2 is 2.05 bits per heavy atom. The molecule has 0 spiro atoms. The summed E-state index contributed by atoms with van der Waals surface area (Å²) in [6.45, 7) is 5.61. The SMILES string of the molecule is Cc1cc(CNCCc2ccc(F)cc2C)n(C)n1. The normalized spacial score (nSPS) is 10.9. The molecule has 0 aliphatic rings. The van der Waals surface area contributed by atoms with Crippen LogP contribution in [0.4, 0.5) is 4.39 Å². The molecule has 0 atom stereocenters. The summed E-state index contributed by atoms with van der Waals surface area (Å²) >= 11 is 0. The molecule has 19 heavy (non-hydrogen) atoms. The van der Waals surface area contributed by atoms with Crippen molar-refractivity contribution in [3.63, 3.8) is 0 Å². The molecule has 0 saturated heterocycles. The third kappa shape index (κ3) is 3.64. The van der Waals surface area contributed by atoms with Gasteiger partial charge in [0.05, 0.1) is 11.4 Å². The lowest BCUT2D eigenvalue weighted by Gasteiger charge is -2.07. The van der Waals surface area contributed by atoms with E-state index in [0.29, 0.717) is 0 Å². The molecule has 1 N–H and O–H groups in total. The first kappa shape index (κ1) is 13.7. The lowest BCUT2D eigenvalue weighted by Crippen LogP contribution is -2.18. The van der Waals surface area contributed by atoms with E-state index in [2.05, 4.69) is 16.5 Å². The van der Waals surface area contributed by atoms with Gasteiger partial charge in [-0.25, -0.2) is 4.39 Å². The summed E-state index contributed by atoms with van der Waals surface area (Å²) in [6.07, 6.45) is 0.906. The molecule has 0 aliphatic heterocycles. The highest BCUT2D eigenvalue weighted by Crippen LogP contribution is 2.10. The maximum atomic E-state index is 13.0. The predicted molar refractivity (Wildman–Crippen MR) is 74.5 cm³/mol. The van der Waals surface area contributed by atoms with Crippen molar-refractivity contribution < 1.29 is 4.39 Å². The van der Waals surface area contributed by atoms with Crippen LogP contribution in [0.15, 0.2) is 24.3 Å². The molecule has 1 heterocycles. The molecule has 1 aromatic carbocycles. The van der Waals surface area contributed by atoms with Crippen molar-refractivity contribution in [2.24, 2.45) is 7.05 Å². The molecule has 0 radical (unpaired) electrons. The van der Waals surface area contributed by atoms with Gasteiger partial charge in [-0.05, 0) is 56.1 Å². The second kappa shape index (κ2) is 5.97. The van der Waals surface area contributed by atoms with Crippen LogP contribution in [0.1, 0.15) is 22.5 Å². The Hall–Kier alpha value is -1.68. The Bertz CT molecular complexity index is 561. The Labute approximate surface area is 113 Å². The summed E-state index contributed by atoms with van der Waals surface area (Å²) in [5.74, 6) is -0.167. The van der Waals surface area contributed by atoms with Crippen molar-refractivity contribution in [3.8, 4) is 0 Å². The molecule has 0 bridgehead atoms. The summed E-state index contributed by atoms with van der Waals surface area (Å²) in [7, 11) is 1.95. The largest absolute Gasteiger partial charge is 0.311 e. The van der Waals surface area contributed by atoms with E-state index in [4.69, 9.17) is 0 Å². The van der Waals surface area contributed by atoms with Gasteiger partial charge in [-0.15, -0.1) is 0 Å². The van der Waals surface area contributed by atoms with Crippen LogP contribution in [0, 0.1) is 19.7 Å². The van der Waals surface area contributed by atoms with Crippen molar-refractivity contribution in [1.82, 2.24) is 15.1 Å². The van der Waals surface area contributed by atoms with Gasteiger partial charge in [-0.1, -0.05) is 6.07 Å². The zero-order valence-electron chi connectivity index (χ0n) is 11.7. The molecule has 4 heteroatoms. The number of rotatable bonds is 5. The average molecular weight is 261 g/mol. The first-order valence-corrected chi connectivity index (χ1v) is 6.51. The molecule has 0 saturated carbocycles. The van der Waals surface area contributed by atoms with Crippen molar-refractivity contribution >= 4 is 0 Å². The summed E-state index contributed by atoms with van der Waals surface area (Å²) in [5.41, 5.74) is 4.41. The van der Waals surface area contributed by atoms with Gasteiger partial charge in [0.2, 0.25) is 0 Å². The van der Waals surface area contributed by atoms with Gasteiger partial charge in [-0.2, -0.15) is 5.10 Å². The van der Waals surface area contributed by atoms with E-state index in [1.165, 1.54) is 17.3 Å². The minimum absolute atomic E-state index is 0.167. The van der Waals surface area contributed by atoms with Crippen LogP contribution in [-0.2, 0) is 20.0 Å². The van der Waals surface area contributed by atoms with Gasteiger partial charge in [0.1, 0.15) is 5.82 Å². The second-order valence-corrected chi connectivity index (χ2v) is 4.90. The fourth-order valence-electron chi connectivity index (χ4n) is 2.21. The maximum Gasteiger partial charge on any atom is 0.123 e. The molecule has 0 unspecified atom stereocenters. The number of nitrogens with one attached hydrogen (secondary N) is 1. The number of hydrogen-bond donors (Lipinski definition) is 1. The van der Waals surface area contributed by atoms with Crippen LogP contribution in [0.5, 0.6) is 0 Å². The van der Waals surface area contributed by atoms with E-state index in [0.717, 1.165) is 30.8 Å². The molecular formula is C15H20FN3. The highest BCUT2D eigenvalue weighted by atomic mass is 19.1. The number of aromatic nitrogens is 2. The van der Waals surface area contributed by atoms with Crippen molar-refractivity contribution in [1.29, 1.82) is 0 Å². The molecule has 3 nitrogen and oxygen atoms in total. The number of hydrogen-bond acceptors (Lipinski definition) is 2. The van der Waals surface area contributed by atoms with Crippen LogP contribution in [0.3, 0.4) is 0 Å². The quantitative estimate of drug-likeness (QED) is 0.838. The highest BCUT2D eigenvalue weighted by Gasteiger charge is 2.02. The monoisotopic (exact) mass is 261 g/mol. The number of nitrogens with zero attached hydrogens (tertiary/aromatic N) is 2. The topological polar surface area (TPSA) is 29.9 Å². The third-order valence-corrected chi connectivity index (χ3v) is 3.28. The minimum Gasteiger partial charge on any atom is -0.311 e. The van der Waals surface area contributed by atoms with E-state index in [-0.39, 0.29) is 5.82 Å². The summed E-state index contributed by atoms with van der Waals surface area (Å²) in [5, 5.41) is 7.70. The van der Waals surface area contributed by atoms with Crippen LogP contribution >= 0.6 is 0 Å². The van der Waals surface area contributed by atoms with Crippen LogP contribution in [0.25, 0.3) is 0 Å². The van der Waals surface area contributed by atoms with Crippen LogP contribution in [0.2, 0.25) is 0 Å². The molecule has 2 aromatic rings. The Balaban J connectivity index is 1.82. The minimum atomic E-state index is -0.167. The van der Waals surface area contributed by atoms with Gasteiger partial charge in [0.25, 0.3) is 0 Å². The van der Waals surface area contributed by atoms with Gasteiger partial charge >= 0.3 is 0 Å². The molecule has 1 aromatic heterocycles. The third-order valence-electron chi connectivity index (χ3n) is 3.28. The standard InChI is InChI=1S/C15H20FN3/c1-11-8-14(16)5-4-13(11)6-7-17-10-15-9-12(2)18-19(15)3/h4-5,8-9,17H,6-7,10H2,1-3H3. The number of halogens is 1. The van der Waals surface area contributed by atoms with E-state index in [9.17, 15) is 4.39 Å². The smallest absolute Gasteiger partial charge is 0.123 e. The van der Waals surface area contributed by atoms with E-state index in [1.54, 1.807) is 6.07 Å². The van der Waals surface area contributed by atoms with Gasteiger partial charge in [0, 0.05) is 13.6 Å². The maximum absolute atomic E-state index is 13.0. The lowest BCUT2D eigenvalue weighted by atomic mass is 10.1. The number of aryl methyl sites for hydroxylation is 3. The zero-order valence-corrected chi connectivity index (χ0v) is 11.7. The predicted octanol–water partition coefficient (Wildman–Crippen LogP) is 2.51. The Morgan fingerprint density at radius 1 is 1.26 bits per heavy atom. The summed E-state index contributed by atoms with van der Waals surface area (Å²) in [6, 6.07) is 7.04. The van der Waals surface area contributed by atoms with E-state index < -0.39 is 0 Å². The first-order chi connectivity index (χ1) is 9.06. The van der Waals surface area contributed by atoms with Crippen LogP contribution < -0.4 is 5.32 Å². The van der Waals surface area contributed by atoms with Gasteiger partial charge in [0.15, 0.2) is 0 Å². The molecule has 2 rings (SSSR count). The highest BCUT2D eigenvalue weighted by molar-refractivity contribution is 5.26. The molecular weight excluding hydrogens is 241 g/mol. The summed E-state index contributed by atoms with van der Waals surface area (Å²) < 4.78 is 14.9. The fourth-order valence-corrected chi connectivity index (χ4v) is 2.21. The summed E-state index contributed by atoms with van der Waals surface area (Å²) in [4.78, 5) is 0. The molecule has 0 fully saturated rings. The molecule has 102 valence electrons. The van der Waals surface area contributed by atoms with Gasteiger partial charge < -0.3 is 5.32 Å². The van der Waals surface area contributed by atoms with Crippen molar-refractivity contribution in [2.75, 3.05) is 6.54 Å². The van der Waals surface area contributed by atoms with Gasteiger partial charge in [-0.3, -0.25) is 4.68 Å². The van der Waals surface area contributed by atoms with Crippen molar-refractivity contribution in [2.45, 2.75) is 26.8 Å². The Morgan fingerprint density at radius 3 is 2.68 bits per heavy atom. The second-order valence-electron chi connectivity index (χ2n) is 4.90. The molecule has 0 amide bonds. The lowest BCUT2D eigenvalue weighted by molar-refractivity contribution is 0.617. The van der Waals surface area contributed by atoms with Crippen molar-refractivity contribution in [3.05, 3.63) is 52.6 Å². The van der Waals surface area contributed by atoms with E-state index in [1.807, 2.05) is 31.6 Å². The average Bonchev–Trinajstić information content (AvgIpc) is 2.65. The zero-order chi connectivity index (χ0) is 13.8.